The smallest absolute Gasteiger partial charge is 0.247 e. The maximum atomic E-state index is 13.5. The van der Waals surface area contributed by atoms with E-state index in [4.69, 9.17) is 16.3 Å². The molecule has 3 aromatic carbocycles. The molecular formula is C33H38ClFN4O2. The van der Waals surface area contributed by atoms with Crippen LogP contribution in [0.2, 0.25) is 5.02 Å². The molecule has 0 spiro atoms. The Morgan fingerprint density at radius 1 is 1.00 bits per heavy atom. The van der Waals surface area contributed by atoms with E-state index in [1.807, 2.05) is 42.5 Å². The second kappa shape index (κ2) is 13.9. The van der Waals surface area contributed by atoms with Crippen LogP contribution < -0.4 is 26.0 Å². The maximum Gasteiger partial charge on any atom is 0.247 e. The van der Waals surface area contributed by atoms with Gasteiger partial charge in [0.25, 0.3) is 0 Å². The van der Waals surface area contributed by atoms with Gasteiger partial charge in [0.05, 0.1) is 11.2 Å². The second-order valence-electron chi connectivity index (χ2n) is 10.9. The Morgan fingerprint density at radius 2 is 1.76 bits per heavy atom. The molecule has 1 heterocycles. The Bertz CT molecular complexity index is 1360. The third kappa shape index (κ3) is 7.80. The lowest BCUT2D eigenvalue weighted by Crippen LogP contribution is -2.50. The Balaban J connectivity index is 1.35. The molecule has 6 nitrogen and oxygen atoms in total. The highest BCUT2D eigenvalue weighted by Crippen LogP contribution is 2.37. The van der Waals surface area contributed by atoms with Gasteiger partial charge in [-0.15, -0.1) is 0 Å². The van der Waals surface area contributed by atoms with Gasteiger partial charge in [0.2, 0.25) is 5.91 Å². The molecule has 1 amide bonds. The number of carbonyl (C=O) groups excluding carboxylic acids is 1. The normalized spacial score (nSPS) is 19.5. The van der Waals surface area contributed by atoms with Crippen molar-refractivity contribution in [3.05, 3.63) is 95.3 Å². The van der Waals surface area contributed by atoms with Crippen molar-refractivity contribution in [1.82, 2.24) is 5.32 Å². The van der Waals surface area contributed by atoms with Crippen LogP contribution in [0.4, 0.5) is 21.5 Å². The van der Waals surface area contributed by atoms with Crippen molar-refractivity contribution in [3.8, 4) is 5.75 Å². The van der Waals surface area contributed by atoms with Gasteiger partial charge in [0, 0.05) is 22.6 Å². The van der Waals surface area contributed by atoms with Gasteiger partial charge < -0.3 is 20.7 Å². The van der Waals surface area contributed by atoms with Crippen molar-refractivity contribution in [3.63, 3.8) is 0 Å². The minimum atomic E-state index is -0.299. The monoisotopic (exact) mass is 576 g/mol. The average molecular weight is 577 g/mol. The number of hydrogen-bond donors (Lipinski definition) is 4. The lowest BCUT2D eigenvalue weighted by molar-refractivity contribution is -0.111. The number of hydrogen-bond acceptors (Lipinski definition) is 5. The molecule has 1 saturated carbocycles. The van der Waals surface area contributed by atoms with Crippen LogP contribution in [0, 0.1) is 11.7 Å². The molecule has 41 heavy (non-hydrogen) atoms. The van der Waals surface area contributed by atoms with Crippen LogP contribution in [0.3, 0.4) is 0 Å². The molecule has 2 unspecified atom stereocenters. The van der Waals surface area contributed by atoms with Crippen molar-refractivity contribution in [1.29, 1.82) is 0 Å². The van der Waals surface area contributed by atoms with Gasteiger partial charge in [0.1, 0.15) is 24.3 Å². The fourth-order valence-electron chi connectivity index (χ4n) is 5.72. The van der Waals surface area contributed by atoms with E-state index in [9.17, 15) is 9.18 Å². The molecule has 0 bridgehead atoms. The fraction of sp³-hybridized carbons (Fsp3) is 0.364. The van der Waals surface area contributed by atoms with Gasteiger partial charge in [-0.05, 0) is 78.9 Å². The summed E-state index contributed by atoms with van der Waals surface area (Å²) < 4.78 is 19.4. The van der Waals surface area contributed by atoms with E-state index in [1.54, 1.807) is 6.07 Å². The highest BCUT2D eigenvalue weighted by atomic mass is 35.5. The first-order chi connectivity index (χ1) is 20.0. The average Bonchev–Trinajstić information content (AvgIpc) is 3.11. The summed E-state index contributed by atoms with van der Waals surface area (Å²) in [5.74, 6) is 0.480. The molecule has 1 aliphatic heterocycles. The van der Waals surface area contributed by atoms with Crippen LogP contribution in [0.15, 0.2) is 73.3 Å². The first-order valence-corrected chi connectivity index (χ1v) is 14.9. The van der Waals surface area contributed by atoms with E-state index >= 15 is 0 Å². The topological polar surface area (TPSA) is 74.4 Å². The number of benzene rings is 3. The Hall–Kier alpha value is -3.55. The summed E-state index contributed by atoms with van der Waals surface area (Å²) in [6.07, 6.45) is 11.2. The SMILES string of the molecule is C=CC(=O)Nc1ccc2c(c1)C(Nc1ccc(OCc3cccc(F)c3)c(Cl)c1)NC(C1CCCCCCCC1)N2. The summed E-state index contributed by atoms with van der Waals surface area (Å²) in [6, 6.07) is 17.8. The Kier molecular flexibility index (Phi) is 9.80. The minimum absolute atomic E-state index is 0.107. The van der Waals surface area contributed by atoms with Crippen LogP contribution in [0.5, 0.6) is 5.75 Å². The molecule has 1 fully saturated rings. The van der Waals surface area contributed by atoms with Crippen molar-refractivity contribution in [2.75, 3.05) is 16.0 Å². The van der Waals surface area contributed by atoms with Crippen molar-refractivity contribution in [2.45, 2.75) is 70.3 Å². The van der Waals surface area contributed by atoms with Crippen LogP contribution >= 0.6 is 11.6 Å². The minimum Gasteiger partial charge on any atom is -0.487 e. The zero-order chi connectivity index (χ0) is 28.6. The molecule has 1 aliphatic carbocycles. The van der Waals surface area contributed by atoms with E-state index < -0.39 is 0 Å². The number of amides is 1. The Labute approximate surface area is 246 Å². The molecule has 0 radical (unpaired) electrons. The summed E-state index contributed by atoms with van der Waals surface area (Å²) >= 11 is 6.61. The summed E-state index contributed by atoms with van der Waals surface area (Å²) in [5, 5.41) is 14.5. The number of ether oxygens (including phenoxy) is 1. The quantitative estimate of drug-likeness (QED) is 0.203. The van der Waals surface area contributed by atoms with E-state index in [1.165, 1.54) is 69.6 Å². The van der Waals surface area contributed by atoms with E-state index in [2.05, 4.69) is 27.8 Å². The van der Waals surface area contributed by atoms with Gasteiger partial charge in [-0.1, -0.05) is 68.8 Å². The summed E-state index contributed by atoms with van der Waals surface area (Å²) in [5.41, 5.74) is 4.28. The molecule has 5 rings (SSSR count). The lowest BCUT2D eigenvalue weighted by atomic mass is 9.91. The van der Waals surface area contributed by atoms with Crippen molar-refractivity contribution in [2.24, 2.45) is 5.92 Å². The third-order valence-electron chi connectivity index (χ3n) is 7.87. The van der Waals surface area contributed by atoms with Crippen molar-refractivity contribution >= 4 is 34.6 Å². The number of anilines is 3. The van der Waals surface area contributed by atoms with Gasteiger partial charge in [-0.2, -0.15) is 0 Å². The molecular weight excluding hydrogens is 539 g/mol. The zero-order valence-electron chi connectivity index (χ0n) is 23.2. The highest BCUT2D eigenvalue weighted by molar-refractivity contribution is 6.32. The van der Waals surface area contributed by atoms with Gasteiger partial charge in [0.15, 0.2) is 0 Å². The Morgan fingerprint density at radius 3 is 2.49 bits per heavy atom. The molecule has 0 aromatic heterocycles. The fourth-order valence-corrected chi connectivity index (χ4v) is 5.95. The lowest BCUT2D eigenvalue weighted by Gasteiger charge is -2.40. The summed E-state index contributed by atoms with van der Waals surface area (Å²) in [7, 11) is 0. The molecule has 2 atom stereocenters. The second-order valence-corrected chi connectivity index (χ2v) is 11.3. The molecule has 8 heteroatoms. The maximum absolute atomic E-state index is 13.5. The standard InChI is InChI=1S/C33H38ClFN4O2/c1-2-31(40)36-25-14-16-29-27(19-25)33(39-32(38-29)23-11-7-5-3-4-6-8-12-23)37-26-15-17-30(28(34)20-26)41-21-22-10-9-13-24(35)18-22/h2,9-10,13-20,23,32-33,37-39H,1,3-8,11-12,21H2,(H,36,40). The van der Waals surface area contributed by atoms with Crippen LogP contribution in [-0.4, -0.2) is 12.1 Å². The molecule has 0 saturated heterocycles. The van der Waals surface area contributed by atoms with Crippen molar-refractivity contribution < 1.29 is 13.9 Å². The van der Waals surface area contributed by atoms with Gasteiger partial charge in [-0.25, -0.2) is 4.39 Å². The van der Waals surface area contributed by atoms with E-state index in [0.29, 0.717) is 22.4 Å². The number of fused-ring (bicyclic) bond motifs is 1. The predicted octanol–water partition coefficient (Wildman–Crippen LogP) is 8.39. The van der Waals surface area contributed by atoms with Crippen LogP contribution in [-0.2, 0) is 11.4 Å². The number of carbonyl (C=O) groups is 1. The van der Waals surface area contributed by atoms with Crippen LogP contribution in [0.1, 0.15) is 68.7 Å². The predicted molar refractivity (Wildman–Crippen MR) is 165 cm³/mol. The highest BCUT2D eigenvalue weighted by Gasteiger charge is 2.31. The largest absolute Gasteiger partial charge is 0.487 e. The van der Waals surface area contributed by atoms with E-state index in [0.717, 1.165) is 22.5 Å². The summed E-state index contributed by atoms with van der Waals surface area (Å²) in [4.78, 5) is 12.0. The first-order valence-electron chi connectivity index (χ1n) is 14.5. The molecule has 2 aliphatic rings. The molecule has 3 aromatic rings. The third-order valence-corrected chi connectivity index (χ3v) is 8.17. The van der Waals surface area contributed by atoms with Crippen LogP contribution in [0.25, 0.3) is 0 Å². The first kappa shape index (κ1) is 29.0. The number of rotatable bonds is 8. The molecule has 216 valence electrons. The zero-order valence-corrected chi connectivity index (χ0v) is 24.0. The van der Waals surface area contributed by atoms with Gasteiger partial charge >= 0.3 is 0 Å². The molecule has 4 N–H and O–H groups in total. The van der Waals surface area contributed by atoms with E-state index in [-0.39, 0.29) is 30.7 Å². The number of halogens is 2. The number of nitrogens with one attached hydrogen (secondary N) is 4. The van der Waals surface area contributed by atoms with Gasteiger partial charge in [-0.3, -0.25) is 10.1 Å². The summed E-state index contributed by atoms with van der Waals surface area (Å²) in [6.45, 7) is 3.78.